The number of nitrogens with one attached hydrogen (secondary N) is 1. The molecule has 0 bridgehead atoms. The minimum Gasteiger partial charge on any atom is -0.368 e. The number of nitrogens with zero attached hydrogens (tertiary/aromatic N) is 1. The summed E-state index contributed by atoms with van der Waals surface area (Å²) in [5, 5.41) is 2.57. The van der Waals surface area contributed by atoms with Crippen molar-refractivity contribution in [2.45, 2.75) is 52.4 Å². The average Bonchev–Trinajstić information content (AvgIpc) is 2.69. The van der Waals surface area contributed by atoms with E-state index < -0.39 is 35.5 Å². The van der Waals surface area contributed by atoms with Gasteiger partial charge in [0.15, 0.2) is 0 Å². The molecular formula is C13H22FN3O3. The fraction of sp³-hybridized carbons (Fsp3) is 0.769. The van der Waals surface area contributed by atoms with Gasteiger partial charge in [-0.25, -0.2) is 4.39 Å². The van der Waals surface area contributed by atoms with E-state index in [1.807, 2.05) is 0 Å². The molecule has 0 aliphatic carbocycles. The Morgan fingerprint density at radius 1 is 1.35 bits per heavy atom. The van der Waals surface area contributed by atoms with E-state index in [0.29, 0.717) is 0 Å². The van der Waals surface area contributed by atoms with Crippen molar-refractivity contribution in [1.82, 2.24) is 10.2 Å². The van der Waals surface area contributed by atoms with E-state index in [-0.39, 0.29) is 18.9 Å². The fourth-order valence-corrected chi connectivity index (χ4v) is 2.02. The first-order valence-corrected chi connectivity index (χ1v) is 6.59. The first-order valence-electron chi connectivity index (χ1n) is 6.59. The van der Waals surface area contributed by atoms with E-state index in [1.54, 1.807) is 20.8 Å². The van der Waals surface area contributed by atoms with Gasteiger partial charge in [0.2, 0.25) is 17.7 Å². The van der Waals surface area contributed by atoms with Gasteiger partial charge in [-0.3, -0.25) is 14.4 Å². The number of halogens is 1. The maximum atomic E-state index is 13.4. The Hall–Kier alpha value is -1.66. The highest BCUT2D eigenvalue weighted by Crippen LogP contribution is 2.21. The first-order chi connectivity index (χ1) is 9.04. The van der Waals surface area contributed by atoms with Crippen molar-refractivity contribution in [2.24, 2.45) is 11.1 Å². The molecule has 0 aromatic rings. The number of hydrogen-bond donors (Lipinski definition) is 2. The Bertz CT molecular complexity index is 420. The van der Waals surface area contributed by atoms with Crippen molar-refractivity contribution in [3.8, 4) is 0 Å². The van der Waals surface area contributed by atoms with E-state index >= 15 is 0 Å². The molecule has 3 amide bonds. The summed E-state index contributed by atoms with van der Waals surface area (Å²) in [5.74, 6) is -1.51. The predicted molar refractivity (Wildman–Crippen MR) is 71.3 cm³/mol. The third-order valence-electron chi connectivity index (χ3n) is 3.26. The summed E-state index contributed by atoms with van der Waals surface area (Å²) in [6, 6.07) is -1.76. The van der Waals surface area contributed by atoms with E-state index in [9.17, 15) is 18.8 Å². The van der Waals surface area contributed by atoms with Gasteiger partial charge in [-0.15, -0.1) is 0 Å². The van der Waals surface area contributed by atoms with Crippen molar-refractivity contribution < 1.29 is 18.8 Å². The minimum atomic E-state index is -1.26. The smallest absolute Gasteiger partial charge is 0.245 e. The highest BCUT2D eigenvalue weighted by molar-refractivity contribution is 5.92. The molecule has 0 aromatic heterocycles. The summed E-state index contributed by atoms with van der Waals surface area (Å²) in [6.07, 6.45) is -1.34. The number of amides is 3. The molecule has 7 heteroatoms. The van der Waals surface area contributed by atoms with Gasteiger partial charge in [-0.2, -0.15) is 0 Å². The zero-order chi connectivity index (χ0) is 15.7. The fourth-order valence-electron chi connectivity index (χ4n) is 2.02. The second-order valence-corrected chi connectivity index (χ2v) is 6.19. The molecule has 0 spiro atoms. The number of likely N-dealkylation sites (tertiary alicyclic amines) is 1. The number of nitrogens with two attached hydrogens (primary N) is 1. The maximum absolute atomic E-state index is 13.4. The minimum absolute atomic E-state index is 0.0823. The molecule has 1 heterocycles. The highest BCUT2D eigenvalue weighted by atomic mass is 19.1. The van der Waals surface area contributed by atoms with Gasteiger partial charge >= 0.3 is 0 Å². The van der Waals surface area contributed by atoms with Gasteiger partial charge in [-0.1, -0.05) is 20.8 Å². The van der Waals surface area contributed by atoms with Crippen molar-refractivity contribution in [1.29, 1.82) is 0 Å². The Morgan fingerprint density at radius 2 is 1.90 bits per heavy atom. The van der Waals surface area contributed by atoms with Crippen LogP contribution in [0.2, 0.25) is 0 Å². The Kier molecular flexibility index (Phi) is 4.73. The lowest BCUT2D eigenvalue weighted by Gasteiger charge is -2.27. The maximum Gasteiger partial charge on any atom is 0.245 e. The van der Waals surface area contributed by atoms with Gasteiger partial charge in [-0.05, 0) is 6.92 Å². The van der Waals surface area contributed by atoms with Crippen LogP contribution in [0.1, 0.15) is 34.1 Å². The van der Waals surface area contributed by atoms with E-state index in [1.165, 1.54) is 6.92 Å². The molecule has 3 N–H and O–H groups in total. The zero-order valence-corrected chi connectivity index (χ0v) is 12.3. The second-order valence-electron chi connectivity index (χ2n) is 6.19. The number of rotatable bonds is 3. The molecule has 0 saturated carbocycles. The van der Waals surface area contributed by atoms with Gasteiger partial charge in [0.05, 0.1) is 6.54 Å². The van der Waals surface area contributed by atoms with Crippen molar-refractivity contribution in [2.75, 3.05) is 6.54 Å². The van der Waals surface area contributed by atoms with Crippen LogP contribution in [0, 0.1) is 5.41 Å². The van der Waals surface area contributed by atoms with Gasteiger partial charge in [0.25, 0.3) is 0 Å². The van der Waals surface area contributed by atoms with Crippen LogP contribution in [-0.2, 0) is 14.4 Å². The molecule has 1 aliphatic heterocycles. The third kappa shape index (κ3) is 3.68. The number of hydrogen-bond acceptors (Lipinski definition) is 3. The normalized spacial score (nSPS) is 24.4. The molecule has 0 radical (unpaired) electrons. The molecule has 3 atom stereocenters. The predicted octanol–water partition coefficient (Wildman–Crippen LogP) is -0.0385. The molecule has 6 nitrogen and oxygen atoms in total. The lowest BCUT2D eigenvalue weighted by molar-refractivity contribution is -0.141. The van der Waals surface area contributed by atoms with E-state index in [0.717, 1.165) is 4.90 Å². The summed E-state index contributed by atoms with van der Waals surface area (Å²) in [5.41, 5.74) is 4.54. The lowest BCUT2D eigenvalue weighted by Crippen LogP contribution is -2.53. The molecule has 1 fully saturated rings. The Balaban J connectivity index is 2.74. The van der Waals surface area contributed by atoms with Crippen LogP contribution >= 0.6 is 0 Å². The molecular weight excluding hydrogens is 265 g/mol. The van der Waals surface area contributed by atoms with E-state index in [2.05, 4.69) is 5.32 Å². The monoisotopic (exact) mass is 287 g/mol. The number of alkyl halides is 1. The van der Waals surface area contributed by atoms with Gasteiger partial charge < -0.3 is 16.0 Å². The lowest BCUT2D eigenvalue weighted by atomic mass is 9.95. The molecule has 1 rings (SSSR count). The van der Waals surface area contributed by atoms with Gasteiger partial charge in [0.1, 0.15) is 18.3 Å². The zero-order valence-electron chi connectivity index (χ0n) is 12.3. The topological polar surface area (TPSA) is 92.5 Å². The largest absolute Gasteiger partial charge is 0.368 e. The molecule has 3 unspecified atom stereocenters. The average molecular weight is 287 g/mol. The van der Waals surface area contributed by atoms with Crippen LogP contribution in [0.4, 0.5) is 4.39 Å². The van der Waals surface area contributed by atoms with Crippen LogP contribution in [0.15, 0.2) is 0 Å². The number of carbonyl (C=O) groups is 3. The quantitative estimate of drug-likeness (QED) is 0.763. The first kappa shape index (κ1) is 16.4. The van der Waals surface area contributed by atoms with Crippen molar-refractivity contribution in [3.63, 3.8) is 0 Å². The third-order valence-corrected chi connectivity index (χ3v) is 3.26. The molecule has 20 heavy (non-hydrogen) atoms. The van der Waals surface area contributed by atoms with Crippen LogP contribution in [0.25, 0.3) is 0 Å². The van der Waals surface area contributed by atoms with Crippen LogP contribution in [0.3, 0.4) is 0 Å². The van der Waals surface area contributed by atoms with E-state index in [4.69, 9.17) is 5.73 Å². The molecule has 1 aliphatic rings. The molecule has 0 aromatic carbocycles. The summed E-state index contributed by atoms with van der Waals surface area (Å²) < 4.78 is 13.4. The Morgan fingerprint density at radius 3 is 2.35 bits per heavy atom. The number of primary amides is 1. The van der Waals surface area contributed by atoms with Crippen LogP contribution < -0.4 is 11.1 Å². The summed E-state index contributed by atoms with van der Waals surface area (Å²) >= 11 is 0. The summed E-state index contributed by atoms with van der Waals surface area (Å²) in [4.78, 5) is 36.4. The van der Waals surface area contributed by atoms with Crippen LogP contribution in [-0.4, -0.2) is 47.4 Å². The highest BCUT2D eigenvalue weighted by Gasteiger charge is 2.40. The summed E-state index contributed by atoms with van der Waals surface area (Å²) in [7, 11) is 0. The van der Waals surface area contributed by atoms with Crippen molar-refractivity contribution >= 4 is 17.7 Å². The Labute approximate surface area is 117 Å². The second kappa shape index (κ2) is 5.76. The van der Waals surface area contributed by atoms with Crippen molar-refractivity contribution in [3.05, 3.63) is 0 Å². The molecule has 114 valence electrons. The molecule has 1 saturated heterocycles. The SMILES string of the molecule is CC(NC(=O)C(C)(C)C)C(=O)N1CC(F)CC1C(N)=O. The number of carbonyl (C=O) groups excluding carboxylic acids is 3. The van der Waals surface area contributed by atoms with Gasteiger partial charge in [0, 0.05) is 11.8 Å². The standard InChI is InChI=1S/C13H22FN3O3/c1-7(16-12(20)13(2,3)4)11(19)17-6-8(14)5-9(17)10(15)18/h7-9H,5-6H2,1-4H3,(H2,15,18)(H,16,20). The summed E-state index contributed by atoms with van der Waals surface area (Å²) in [6.45, 7) is 6.51. The van der Waals surface area contributed by atoms with Crippen LogP contribution in [0.5, 0.6) is 0 Å².